The molecule has 7 heteroatoms. The van der Waals surface area contributed by atoms with E-state index in [9.17, 15) is 9.90 Å². The lowest BCUT2D eigenvalue weighted by Gasteiger charge is -2.26. The number of amides is 1. The minimum atomic E-state index is -0.280. The van der Waals surface area contributed by atoms with Gasteiger partial charge in [0.2, 0.25) is 11.8 Å². The summed E-state index contributed by atoms with van der Waals surface area (Å²) < 4.78 is 5.79. The zero-order valence-corrected chi connectivity index (χ0v) is 17.7. The molecule has 3 N–H and O–H groups in total. The van der Waals surface area contributed by atoms with Gasteiger partial charge in [0.1, 0.15) is 5.56 Å². The minimum absolute atomic E-state index is 0. The zero-order chi connectivity index (χ0) is 19.2. The van der Waals surface area contributed by atoms with Gasteiger partial charge in [0.25, 0.3) is 5.91 Å². The van der Waals surface area contributed by atoms with E-state index in [0.29, 0.717) is 29.9 Å². The number of hydrogen-bond acceptors (Lipinski definition) is 6. The van der Waals surface area contributed by atoms with Crippen LogP contribution in [0.5, 0.6) is 5.88 Å². The molecule has 0 spiro atoms. The van der Waals surface area contributed by atoms with Crippen LogP contribution in [0.15, 0.2) is 6.20 Å². The van der Waals surface area contributed by atoms with Crippen molar-refractivity contribution in [2.45, 2.75) is 89.5 Å². The van der Waals surface area contributed by atoms with Crippen LogP contribution in [-0.4, -0.2) is 45.3 Å². The maximum absolute atomic E-state index is 12.8. The highest BCUT2D eigenvalue weighted by Crippen LogP contribution is 2.24. The van der Waals surface area contributed by atoms with Crippen molar-refractivity contribution in [3.8, 4) is 5.88 Å². The average Bonchev–Trinajstić information content (AvgIpc) is 2.57. The monoisotopic (exact) mass is 403 g/mol. The van der Waals surface area contributed by atoms with Gasteiger partial charge in [-0.2, -0.15) is 4.98 Å². The SMILES string of the molecule is CC(C)Oc1nc(NC2CCC2)ncc1C(=O)N[C@@H]1[CH]CCC[C@H](O)CC1.[CH2].[CH2]. The summed E-state index contributed by atoms with van der Waals surface area (Å²) in [5.41, 5.74) is 0.346. The van der Waals surface area contributed by atoms with Crippen LogP contribution >= 0.6 is 0 Å². The quantitative estimate of drug-likeness (QED) is 0.673. The third-order valence-electron chi connectivity index (χ3n) is 5.10. The van der Waals surface area contributed by atoms with E-state index >= 15 is 0 Å². The van der Waals surface area contributed by atoms with Crippen LogP contribution in [0.4, 0.5) is 5.95 Å². The molecule has 0 aliphatic heterocycles. The average molecular weight is 404 g/mol. The molecule has 2 atom stereocenters. The number of aliphatic hydroxyl groups excluding tert-OH is 1. The Kier molecular flexibility index (Phi) is 10.4. The number of hydrogen-bond donors (Lipinski definition) is 3. The van der Waals surface area contributed by atoms with Gasteiger partial charge in [-0.1, -0.05) is 21.3 Å². The molecule has 1 aromatic heterocycles. The molecule has 0 aromatic carbocycles. The maximum atomic E-state index is 12.8. The highest BCUT2D eigenvalue weighted by Gasteiger charge is 2.24. The topological polar surface area (TPSA) is 96.4 Å². The van der Waals surface area contributed by atoms with E-state index in [1.807, 2.05) is 13.8 Å². The smallest absolute Gasteiger partial charge is 0.258 e. The maximum Gasteiger partial charge on any atom is 0.258 e. The zero-order valence-electron chi connectivity index (χ0n) is 17.7. The number of rotatable bonds is 6. The van der Waals surface area contributed by atoms with Gasteiger partial charge in [-0.25, -0.2) is 4.98 Å². The van der Waals surface area contributed by atoms with Gasteiger partial charge in [-0.3, -0.25) is 4.79 Å². The normalized spacial score (nSPS) is 22.2. The second-order valence-corrected chi connectivity index (χ2v) is 7.83. The fourth-order valence-corrected chi connectivity index (χ4v) is 3.32. The van der Waals surface area contributed by atoms with Crippen molar-refractivity contribution in [1.82, 2.24) is 15.3 Å². The largest absolute Gasteiger partial charge is 0.474 e. The van der Waals surface area contributed by atoms with Crippen molar-refractivity contribution in [1.29, 1.82) is 0 Å². The van der Waals surface area contributed by atoms with Gasteiger partial charge < -0.3 is 20.5 Å². The summed E-state index contributed by atoms with van der Waals surface area (Å²) in [7, 11) is 0. The molecule has 0 unspecified atom stereocenters. The molecule has 5 radical (unpaired) electrons. The van der Waals surface area contributed by atoms with E-state index in [1.165, 1.54) is 6.42 Å². The number of nitrogens with zero attached hydrogens (tertiary/aromatic N) is 2. The van der Waals surface area contributed by atoms with Gasteiger partial charge in [-0.05, 0) is 65.2 Å². The molecule has 1 heterocycles. The first-order chi connectivity index (χ1) is 13.0. The summed E-state index contributed by atoms with van der Waals surface area (Å²) in [6.07, 6.45) is 10.8. The predicted octanol–water partition coefficient (Wildman–Crippen LogP) is 3.51. The summed E-state index contributed by atoms with van der Waals surface area (Å²) in [6.45, 7) is 3.82. The Balaban J connectivity index is 0.00000210. The van der Waals surface area contributed by atoms with Gasteiger partial charge in [0.15, 0.2) is 0 Å². The van der Waals surface area contributed by atoms with E-state index in [-0.39, 0.29) is 39.0 Å². The lowest BCUT2D eigenvalue weighted by molar-refractivity contribution is 0.0917. The summed E-state index contributed by atoms with van der Waals surface area (Å²) >= 11 is 0. The van der Waals surface area contributed by atoms with Gasteiger partial charge in [0.05, 0.1) is 12.2 Å². The van der Waals surface area contributed by atoms with Crippen LogP contribution in [0.2, 0.25) is 0 Å². The molecule has 161 valence electrons. The molecule has 2 aliphatic rings. The van der Waals surface area contributed by atoms with Gasteiger partial charge in [0, 0.05) is 18.3 Å². The lowest BCUT2D eigenvalue weighted by atomic mass is 9.93. The van der Waals surface area contributed by atoms with Crippen LogP contribution in [0, 0.1) is 21.3 Å². The Morgan fingerprint density at radius 2 is 1.93 bits per heavy atom. The van der Waals surface area contributed by atoms with Crippen LogP contribution in [0.1, 0.15) is 75.6 Å². The van der Waals surface area contributed by atoms with Crippen LogP contribution in [0.3, 0.4) is 0 Å². The van der Waals surface area contributed by atoms with Crippen LogP contribution in [0.25, 0.3) is 0 Å². The first-order valence-corrected chi connectivity index (χ1v) is 10.1. The Morgan fingerprint density at radius 3 is 2.59 bits per heavy atom. The van der Waals surface area contributed by atoms with Crippen LogP contribution < -0.4 is 15.4 Å². The van der Waals surface area contributed by atoms with Gasteiger partial charge in [-0.15, -0.1) is 0 Å². The lowest BCUT2D eigenvalue weighted by Crippen LogP contribution is -2.37. The molecule has 2 aliphatic carbocycles. The number of nitrogens with one attached hydrogen (secondary N) is 2. The second kappa shape index (κ2) is 12.0. The Bertz CT molecular complexity index is 634. The first kappa shape index (κ1) is 25.1. The van der Waals surface area contributed by atoms with Crippen molar-refractivity contribution in [3.63, 3.8) is 0 Å². The highest BCUT2D eigenvalue weighted by atomic mass is 16.5. The molecule has 2 saturated carbocycles. The van der Waals surface area contributed by atoms with Crippen molar-refractivity contribution in [2.75, 3.05) is 5.32 Å². The number of anilines is 1. The molecular weight excluding hydrogens is 368 g/mol. The van der Waals surface area contributed by atoms with Crippen molar-refractivity contribution in [2.24, 2.45) is 0 Å². The van der Waals surface area contributed by atoms with Crippen molar-refractivity contribution < 1.29 is 14.6 Å². The number of aliphatic hydroxyl groups is 1. The molecule has 0 bridgehead atoms. The van der Waals surface area contributed by atoms with Crippen molar-refractivity contribution in [3.05, 3.63) is 33.0 Å². The van der Waals surface area contributed by atoms with E-state index in [0.717, 1.165) is 38.5 Å². The Labute approximate surface area is 176 Å². The van der Waals surface area contributed by atoms with E-state index < -0.39 is 0 Å². The summed E-state index contributed by atoms with van der Waals surface area (Å²) in [5, 5.41) is 16.2. The third-order valence-corrected chi connectivity index (χ3v) is 5.10. The molecule has 2 fully saturated rings. The molecule has 29 heavy (non-hydrogen) atoms. The third kappa shape index (κ3) is 7.46. The predicted molar refractivity (Wildman–Crippen MR) is 114 cm³/mol. The fraction of sp³-hybridized carbons (Fsp3) is 0.636. The van der Waals surface area contributed by atoms with E-state index in [2.05, 4.69) is 27.0 Å². The standard InChI is InChI=1S/C20H31N4O3.2CH2/c1-13(2)27-19-17(12-21-20(24-19)23-14-7-5-8-14)18(26)22-15-6-3-4-9-16(25)11-10-15;;/h6,12-16,25H,3-5,7-11H2,1-2H3,(H,22,26)(H,21,23,24);2*1H2/t15-,16+;;/m1../s1. The van der Waals surface area contributed by atoms with Crippen LogP contribution in [-0.2, 0) is 0 Å². The molecule has 0 saturated heterocycles. The highest BCUT2D eigenvalue weighted by molar-refractivity contribution is 5.96. The second-order valence-electron chi connectivity index (χ2n) is 7.83. The molecule has 3 rings (SSSR count). The first-order valence-electron chi connectivity index (χ1n) is 10.1. The fourth-order valence-electron chi connectivity index (χ4n) is 3.32. The molecule has 1 amide bonds. The molecular formula is C22H35N4O3. The summed E-state index contributed by atoms with van der Waals surface area (Å²) in [5.74, 6) is 0.579. The number of aromatic nitrogens is 2. The molecule has 7 nitrogen and oxygen atoms in total. The van der Waals surface area contributed by atoms with E-state index in [4.69, 9.17) is 4.74 Å². The summed E-state index contributed by atoms with van der Waals surface area (Å²) in [4.78, 5) is 21.6. The number of ether oxygens (including phenoxy) is 1. The van der Waals surface area contributed by atoms with Gasteiger partial charge >= 0.3 is 0 Å². The number of carbonyl (C=O) groups excluding carboxylic acids is 1. The Hall–Kier alpha value is -1.89. The summed E-state index contributed by atoms with van der Waals surface area (Å²) in [6, 6.07) is 0.347. The number of carbonyl (C=O) groups is 1. The minimum Gasteiger partial charge on any atom is -0.474 e. The van der Waals surface area contributed by atoms with Crippen molar-refractivity contribution >= 4 is 11.9 Å². The molecule has 1 aromatic rings. The Morgan fingerprint density at radius 1 is 1.17 bits per heavy atom. The van der Waals surface area contributed by atoms with E-state index in [1.54, 1.807) is 6.20 Å².